The third-order valence-electron chi connectivity index (χ3n) is 3.19. The Morgan fingerprint density at radius 2 is 2.21 bits per heavy atom. The summed E-state index contributed by atoms with van der Waals surface area (Å²) in [5.41, 5.74) is 2.59. The van der Waals surface area contributed by atoms with Crippen LogP contribution in [-0.4, -0.2) is 17.0 Å². The fourth-order valence-corrected chi connectivity index (χ4v) is 2.23. The van der Waals surface area contributed by atoms with Crippen molar-refractivity contribution < 1.29 is 19.1 Å². The van der Waals surface area contributed by atoms with Crippen LogP contribution in [-0.2, 0) is 17.8 Å². The van der Waals surface area contributed by atoms with E-state index >= 15 is 0 Å². The molecule has 96 valence electrons. The smallest absolute Gasteiger partial charge is 0.335 e. The number of rotatable bonds is 3. The van der Waals surface area contributed by atoms with Crippen LogP contribution in [0.25, 0.3) is 0 Å². The predicted molar refractivity (Wildman–Crippen MR) is 67.0 cm³/mol. The first-order chi connectivity index (χ1) is 9.15. The molecule has 0 unspecified atom stereocenters. The van der Waals surface area contributed by atoms with Crippen LogP contribution in [0.4, 0.5) is 5.69 Å². The van der Waals surface area contributed by atoms with Gasteiger partial charge in [-0.2, -0.15) is 0 Å². The molecule has 1 amide bonds. The molecule has 5 heteroatoms. The Labute approximate surface area is 109 Å². The van der Waals surface area contributed by atoms with E-state index < -0.39 is 5.97 Å². The SMILES string of the molecule is O=C(O)c1ccc2c(c1)N(Cc1ccoc1)C(=O)C2. The molecule has 0 aliphatic carbocycles. The van der Waals surface area contributed by atoms with Gasteiger partial charge in [-0.25, -0.2) is 4.79 Å². The van der Waals surface area contributed by atoms with Crippen molar-refractivity contribution in [2.24, 2.45) is 0 Å². The van der Waals surface area contributed by atoms with E-state index in [0.717, 1.165) is 11.1 Å². The summed E-state index contributed by atoms with van der Waals surface area (Å²) in [5.74, 6) is -1.02. The molecular weight excluding hydrogens is 246 g/mol. The van der Waals surface area contributed by atoms with E-state index in [4.69, 9.17) is 9.52 Å². The standard InChI is InChI=1S/C14H11NO4/c16-13-6-10-1-2-11(14(17)18)5-12(10)15(13)7-9-3-4-19-8-9/h1-5,8H,6-7H2,(H,17,18). The molecule has 0 atom stereocenters. The van der Waals surface area contributed by atoms with Crippen LogP contribution in [0.2, 0.25) is 0 Å². The summed E-state index contributed by atoms with van der Waals surface area (Å²) in [6.45, 7) is 0.394. The van der Waals surface area contributed by atoms with Crippen LogP contribution in [0.1, 0.15) is 21.5 Å². The number of carbonyl (C=O) groups is 2. The zero-order valence-corrected chi connectivity index (χ0v) is 10.00. The number of anilines is 1. The number of hydrogen-bond acceptors (Lipinski definition) is 3. The second kappa shape index (κ2) is 4.28. The van der Waals surface area contributed by atoms with E-state index in [1.165, 1.54) is 6.07 Å². The summed E-state index contributed by atoms with van der Waals surface area (Å²) < 4.78 is 4.98. The first kappa shape index (κ1) is 11.5. The number of fused-ring (bicyclic) bond motifs is 1. The predicted octanol–water partition coefficient (Wildman–Crippen LogP) is 2.07. The average molecular weight is 257 g/mol. The molecule has 1 N–H and O–H groups in total. The third-order valence-corrected chi connectivity index (χ3v) is 3.19. The molecule has 3 rings (SSSR count). The Hall–Kier alpha value is -2.56. The summed E-state index contributed by atoms with van der Waals surface area (Å²) >= 11 is 0. The van der Waals surface area contributed by atoms with Crippen LogP contribution in [0.3, 0.4) is 0 Å². The lowest BCUT2D eigenvalue weighted by Gasteiger charge is -2.16. The maximum atomic E-state index is 12.0. The summed E-state index contributed by atoms with van der Waals surface area (Å²) in [5, 5.41) is 9.01. The lowest BCUT2D eigenvalue weighted by molar-refractivity contribution is -0.117. The molecule has 19 heavy (non-hydrogen) atoms. The van der Waals surface area contributed by atoms with Crippen molar-refractivity contribution in [3.05, 3.63) is 53.5 Å². The molecule has 0 saturated carbocycles. The number of carboxylic acid groups (broad SMARTS) is 1. The van der Waals surface area contributed by atoms with Crippen LogP contribution in [0.15, 0.2) is 41.2 Å². The number of carbonyl (C=O) groups excluding carboxylic acids is 1. The molecule has 1 aromatic carbocycles. The van der Waals surface area contributed by atoms with Crippen molar-refractivity contribution >= 4 is 17.6 Å². The molecule has 0 saturated heterocycles. The number of furan rings is 1. The van der Waals surface area contributed by atoms with Gasteiger partial charge in [-0.3, -0.25) is 4.79 Å². The highest BCUT2D eigenvalue weighted by Gasteiger charge is 2.28. The molecule has 0 bridgehead atoms. The van der Waals surface area contributed by atoms with Gasteiger partial charge >= 0.3 is 5.97 Å². The normalized spacial score (nSPS) is 13.7. The first-order valence-electron chi connectivity index (χ1n) is 5.83. The highest BCUT2D eigenvalue weighted by Crippen LogP contribution is 2.31. The van der Waals surface area contributed by atoms with Crippen molar-refractivity contribution in [2.75, 3.05) is 4.90 Å². The van der Waals surface area contributed by atoms with Gasteiger partial charge < -0.3 is 14.4 Å². The van der Waals surface area contributed by atoms with E-state index in [-0.39, 0.29) is 11.5 Å². The van der Waals surface area contributed by atoms with Crippen LogP contribution < -0.4 is 4.90 Å². The topological polar surface area (TPSA) is 70.8 Å². The number of carboxylic acids is 1. The first-order valence-corrected chi connectivity index (χ1v) is 5.83. The number of hydrogen-bond donors (Lipinski definition) is 1. The van der Waals surface area contributed by atoms with Crippen molar-refractivity contribution in [2.45, 2.75) is 13.0 Å². The summed E-state index contributed by atoms with van der Waals surface area (Å²) in [7, 11) is 0. The van der Waals surface area contributed by atoms with E-state index in [1.54, 1.807) is 35.6 Å². The quantitative estimate of drug-likeness (QED) is 0.913. The molecule has 0 fully saturated rings. The third kappa shape index (κ3) is 1.99. The van der Waals surface area contributed by atoms with Crippen LogP contribution >= 0.6 is 0 Å². The lowest BCUT2D eigenvalue weighted by atomic mass is 10.1. The van der Waals surface area contributed by atoms with E-state index in [2.05, 4.69) is 0 Å². The molecule has 0 radical (unpaired) electrons. The maximum absolute atomic E-state index is 12.0. The minimum atomic E-state index is -0.995. The second-order valence-corrected chi connectivity index (χ2v) is 4.44. The number of nitrogens with zero attached hydrogens (tertiary/aromatic N) is 1. The minimum absolute atomic E-state index is 0.0289. The second-order valence-electron chi connectivity index (χ2n) is 4.44. The van der Waals surface area contributed by atoms with Crippen molar-refractivity contribution in [3.8, 4) is 0 Å². The van der Waals surface area contributed by atoms with E-state index in [9.17, 15) is 9.59 Å². The minimum Gasteiger partial charge on any atom is -0.478 e. The van der Waals surface area contributed by atoms with Gasteiger partial charge in [0.1, 0.15) is 0 Å². The Kier molecular flexibility index (Phi) is 2.59. The molecular formula is C14H11NO4. The van der Waals surface area contributed by atoms with Crippen molar-refractivity contribution in [1.29, 1.82) is 0 Å². The van der Waals surface area contributed by atoms with Gasteiger partial charge in [0.05, 0.1) is 31.1 Å². The maximum Gasteiger partial charge on any atom is 0.335 e. The largest absolute Gasteiger partial charge is 0.478 e. The van der Waals surface area contributed by atoms with Crippen LogP contribution in [0.5, 0.6) is 0 Å². The molecule has 1 aromatic heterocycles. The Morgan fingerprint density at radius 1 is 1.37 bits per heavy atom. The zero-order valence-electron chi connectivity index (χ0n) is 10.00. The average Bonchev–Trinajstić information content (AvgIpc) is 2.98. The lowest BCUT2D eigenvalue weighted by Crippen LogP contribution is -2.25. The van der Waals surface area contributed by atoms with Gasteiger partial charge in [-0.15, -0.1) is 0 Å². The number of amides is 1. The van der Waals surface area contributed by atoms with Gasteiger partial charge in [-0.1, -0.05) is 6.07 Å². The highest BCUT2D eigenvalue weighted by atomic mass is 16.4. The Bertz CT molecular complexity index is 645. The summed E-state index contributed by atoms with van der Waals surface area (Å²) in [6.07, 6.45) is 3.43. The van der Waals surface area contributed by atoms with Gasteiger partial charge in [-0.05, 0) is 23.8 Å². The molecule has 2 heterocycles. The monoisotopic (exact) mass is 257 g/mol. The summed E-state index contributed by atoms with van der Waals surface area (Å²) in [4.78, 5) is 24.6. The van der Waals surface area contributed by atoms with Gasteiger partial charge in [0, 0.05) is 11.3 Å². The van der Waals surface area contributed by atoms with E-state index in [0.29, 0.717) is 18.7 Å². The Morgan fingerprint density at radius 3 is 2.89 bits per heavy atom. The van der Waals surface area contributed by atoms with E-state index in [1.807, 2.05) is 0 Å². The molecule has 2 aromatic rings. The Balaban J connectivity index is 1.97. The fourth-order valence-electron chi connectivity index (χ4n) is 2.23. The van der Waals surface area contributed by atoms with Crippen molar-refractivity contribution in [1.82, 2.24) is 0 Å². The molecule has 5 nitrogen and oxygen atoms in total. The summed E-state index contributed by atoms with van der Waals surface area (Å²) in [6, 6.07) is 6.55. The van der Waals surface area contributed by atoms with Crippen LogP contribution in [0, 0.1) is 0 Å². The van der Waals surface area contributed by atoms with Gasteiger partial charge in [0.15, 0.2) is 0 Å². The zero-order chi connectivity index (χ0) is 13.4. The highest BCUT2D eigenvalue weighted by molar-refractivity contribution is 6.02. The van der Waals surface area contributed by atoms with Gasteiger partial charge in [0.25, 0.3) is 0 Å². The molecule has 1 aliphatic rings. The number of aromatic carboxylic acids is 1. The molecule has 0 spiro atoms. The fraction of sp³-hybridized carbons (Fsp3) is 0.143. The van der Waals surface area contributed by atoms with Crippen molar-refractivity contribution in [3.63, 3.8) is 0 Å². The number of benzene rings is 1. The molecule has 1 aliphatic heterocycles. The van der Waals surface area contributed by atoms with Gasteiger partial charge in [0.2, 0.25) is 5.91 Å².